The molecule has 1 aromatic heterocycles. The summed E-state index contributed by atoms with van der Waals surface area (Å²) in [6.07, 6.45) is 3.32. The van der Waals surface area contributed by atoms with E-state index in [1.165, 1.54) is 13.5 Å². The predicted molar refractivity (Wildman–Crippen MR) is 67.7 cm³/mol. The first-order valence-corrected chi connectivity index (χ1v) is 6.32. The molecule has 0 radical (unpaired) electrons. The molecule has 18 heavy (non-hydrogen) atoms. The van der Waals surface area contributed by atoms with Crippen LogP contribution in [0, 0.1) is 6.92 Å². The van der Waals surface area contributed by atoms with Crippen LogP contribution >= 0.6 is 0 Å². The lowest BCUT2D eigenvalue weighted by molar-refractivity contribution is 0.0628. The van der Waals surface area contributed by atoms with E-state index in [1.54, 1.807) is 6.07 Å². The van der Waals surface area contributed by atoms with Gasteiger partial charge in [-0.15, -0.1) is 0 Å². The highest BCUT2D eigenvalue weighted by Gasteiger charge is 2.25. The molecule has 0 aromatic carbocycles. The van der Waals surface area contributed by atoms with Crippen LogP contribution in [0.2, 0.25) is 0 Å². The van der Waals surface area contributed by atoms with Crippen molar-refractivity contribution < 1.29 is 9.53 Å². The van der Waals surface area contributed by atoms with E-state index >= 15 is 0 Å². The molecule has 1 atom stereocenters. The number of piperidine rings is 1. The number of likely N-dealkylation sites (tertiary alicyclic amines) is 1. The first kappa shape index (κ1) is 12.8. The molecule has 98 valence electrons. The summed E-state index contributed by atoms with van der Waals surface area (Å²) in [5, 5.41) is 0. The Morgan fingerprint density at radius 2 is 2.22 bits per heavy atom. The molecule has 0 aliphatic carbocycles. The Hall–Kier alpha value is -1.65. The fourth-order valence-corrected chi connectivity index (χ4v) is 2.29. The molecule has 1 aromatic rings. The summed E-state index contributed by atoms with van der Waals surface area (Å²) in [6.45, 7) is 4.73. The van der Waals surface area contributed by atoms with E-state index in [4.69, 9.17) is 4.74 Å². The minimum absolute atomic E-state index is 0.0222. The van der Waals surface area contributed by atoms with E-state index < -0.39 is 0 Å². The number of rotatable bonds is 2. The van der Waals surface area contributed by atoms with Crippen molar-refractivity contribution in [2.75, 3.05) is 13.7 Å². The Labute approximate surface area is 107 Å². The maximum atomic E-state index is 12.4. The SMILES string of the molecule is COc1nc(C)cc(C(=O)N2CCCCC2C)n1. The van der Waals surface area contributed by atoms with Crippen LogP contribution in [0.4, 0.5) is 0 Å². The van der Waals surface area contributed by atoms with Gasteiger partial charge in [0, 0.05) is 18.3 Å². The van der Waals surface area contributed by atoms with Crippen molar-refractivity contribution in [2.45, 2.75) is 39.2 Å². The fraction of sp³-hybridized carbons (Fsp3) is 0.615. The summed E-state index contributed by atoms with van der Waals surface area (Å²) in [7, 11) is 1.51. The first-order valence-electron chi connectivity index (χ1n) is 6.32. The van der Waals surface area contributed by atoms with E-state index in [-0.39, 0.29) is 18.0 Å². The van der Waals surface area contributed by atoms with Crippen LogP contribution in [0.5, 0.6) is 6.01 Å². The van der Waals surface area contributed by atoms with Crippen molar-refractivity contribution in [1.29, 1.82) is 0 Å². The molecule has 5 heteroatoms. The van der Waals surface area contributed by atoms with Gasteiger partial charge >= 0.3 is 6.01 Å². The van der Waals surface area contributed by atoms with Crippen molar-refractivity contribution in [3.63, 3.8) is 0 Å². The van der Waals surface area contributed by atoms with E-state index in [1.807, 2.05) is 11.8 Å². The van der Waals surface area contributed by atoms with Gasteiger partial charge in [0.2, 0.25) is 0 Å². The Bertz CT molecular complexity index is 448. The van der Waals surface area contributed by atoms with Crippen LogP contribution in [0.15, 0.2) is 6.07 Å². The molecule has 0 saturated carbocycles. The largest absolute Gasteiger partial charge is 0.467 e. The molecule has 5 nitrogen and oxygen atoms in total. The van der Waals surface area contributed by atoms with Gasteiger partial charge < -0.3 is 9.64 Å². The lowest BCUT2D eigenvalue weighted by Gasteiger charge is -2.33. The molecule has 1 aliphatic rings. The monoisotopic (exact) mass is 249 g/mol. The van der Waals surface area contributed by atoms with Crippen LogP contribution < -0.4 is 4.74 Å². The van der Waals surface area contributed by atoms with Crippen LogP contribution in [-0.4, -0.2) is 40.5 Å². The maximum absolute atomic E-state index is 12.4. The van der Waals surface area contributed by atoms with Crippen molar-refractivity contribution in [1.82, 2.24) is 14.9 Å². The molecule has 0 bridgehead atoms. The van der Waals surface area contributed by atoms with E-state index in [9.17, 15) is 4.79 Å². The van der Waals surface area contributed by atoms with Crippen LogP contribution in [0.3, 0.4) is 0 Å². The van der Waals surface area contributed by atoms with Crippen LogP contribution in [-0.2, 0) is 0 Å². The molecule has 2 rings (SSSR count). The third-order valence-corrected chi connectivity index (χ3v) is 3.30. The van der Waals surface area contributed by atoms with Crippen LogP contribution in [0.25, 0.3) is 0 Å². The molecule has 1 saturated heterocycles. The van der Waals surface area contributed by atoms with Crippen molar-refractivity contribution in [3.8, 4) is 6.01 Å². The molecular weight excluding hydrogens is 230 g/mol. The standard InChI is InChI=1S/C13H19N3O2/c1-9-8-11(15-13(14-9)18-3)12(17)16-7-5-4-6-10(16)2/h8,10H,4-7H2,1-3H3. The fourth-order valence-electron chi connectivity index (χ4n) is 2.29. The predicted octanol–water partition coefficient (Wildman–Crippen LogP) is 1.81. The van der Waals surface area contributed by atoms with Crippen molar-refractivity contribution in [3.05, 3.63) is 17.5 Å². The average molecular weight is 249 g/mol. The quantitative estimate of drug-likeness (QED) is 0.802. The third kappa shape index (κ3) is 2.60. The van der Waals surface area contributed by atoms with E-state index in [2.05, 4.69) is 16.9 Å². The third-order valence-electron chi connectivity index (χ3n) is 3.30. The Kier molecular flexibility index (Phi) is 3.79. The Morgan fingerprint density at radius 3 is 2.89 bits per heavy atom. The highest BCUT2D eigenvalue weighted by molar-refractivity contribution is 5.92. The normalized spacial score (nSPS) is 19.7. The number of carbonyl (C=O) groups excluding carboxylic acids is 1. The number of hydrogen-bond acceptors (Lipinski definition) is 4. The zero-order valence-electron chi connectivity index (χ0n) is 11.1. The number of aryl methyl sites for hydroxylation is 1. The minimum atomic E-state index is -0.0222. The second-order valence-electron chi connectivity index (χ2n) is 4.72. The van der Waals surface area contributed by atoms with Gasteiger partial charge in [-0.3, -0.25) is 4.79 Å². The molecule has 1 aliphatic heterocycles. The lowest BCUT2D eigenvalue weighted by atomic mass is 10.0. The van der Waals surface area contributed by atoms with Gasteiger partial charge in [-0.2, -0.15) is 4.98 Å². The Balaban J connectivity index is 2.24. The van der Waals surface area contributed by atoms with Crippen LogP contribution in [0.1, 0.15) is 42.4 Å². The van der Waals surface area contributed by atoms with E-state index in [0.29, 0.717) is 5.69 Å². The van der Waals surface area contributed by atoms with Gasteiger partial charge in [0.05, 0.1) is 7.11 Å². The lowest BCUT2D eigenvalue weighted by Crippen LogP contribution is -2.42. The average Bonchev–Trinajstić information content (AvgIpc) is 2.37. The zero-order valence-corrected chi connectivity index (χ0v) is 11.1. The van der Waals surface area contributed by atoms with Crippen molar-refractivity contribution in [2.24, 2.45) is 0 Å². The highest BCUT2D eigenvalue weighted by Crippen LogP contribution is 2.19. The second kappa shape index (κ2) is 5.33. The number of ether oxygens (including phenoxy) is 1. The minimum Gasteiger partial charge on any atom is -0.467 e. The topological polar surface area (TPSA) is 55.3 Å². The summed E-state index contributed by atoms with van der Waals surface area (Å²) in [4.78, 5) is 22.5. The zero-order chi connectivity index (χ0) is 13.1. The number of amides is 1. The molecule has 1 fully saturated rings. The summed E-state index contributed by atoms with van der Waals surface area (Å²) in [5.74, 6) is -0.0222. The number of carbonyl (C=O) groups is 1. The smallest absolute Gasteiger partial charge is 0.317 e. The molecule has 1 unspecified atom stereocenters. The van der Waals surface area contributed by atoms with Gasteiger partial charge in [-0.25, -0.2) is 4.98 Å². The number of hydrogen-bond donors (Lipinski definition) is 0. The van der Waals surface area contributed by atoms with Gasteiger partial charge in [-0.05, 0) is 39.2 Å². The molecule has 2 heterocycles. The van der Waals surface area contributed by atoms with Gasteiger partial charge in [-0.1, -0.05) is 0 Å². The summed E-state index contributed by atoms with van der Waals surface area (Å²) in [5.41, 5.74) is 1.17. The van der Waals surface area contributed by atoms with Gasteiger partial charge in [0.15, 0.2) is 0 Å². The summed E-state index contributed by atoms with van der Waals surface area (Å²) in [6, 6.07) is 2.25. The highest BCUT2D eigenvalue weighted by atomic mass is 16.5. The molecule has 0 N–H and O–H groups in total. The second-order valence-corrected chi connectivity index (χ2v) is 4.72. The van der Waals surface area contributed by atoms with Gasteiger partial charge in [0.25, 0.3) is 5.91 Å². The van der Waals surface area contributed by atoms with Gasteiger partial charge in [0.1, 0.15) is 5.69 Å². The molecule has 0 spiro atoms. The maximum Gasteiger partial charge on any atom is 0.317 e. The first-order chi connectivity index (χ1) is 8.61. The van der Waals surface area contributed by atoms with E-state index in [0.717, 1.165) is 25.1 Å². The number of nitrogens with zero attached hydrogens (tertiary/aromatic N) is 3. The summed E-state index contributed by atoms with van der Waals surface area (Å²) < 4.78 is 5.01. The number of aromatic nitrogens is 2. The molecular formula is C13H19N3O2. The number of methoxy groups -OCH3 is 1. The molecule has 1 amide bonds. The Morgan fingerprint density at radius 1 is 1.44 bits per heavy atom. The summed E-state index contributed by atoms with van der Waals surface area (Å²) >= 11 is 0. The van der Waals surface area contributed by atoms with Crippen molar-refractivity contribution >= 4 is 5.91 Å².